The van der Waals surface area contributed by atoms with Crippen molar-refractivity contribution in [2.24, 2.45) is 0 Å². The molecular weight excluding hydrogens is 546 g/mol. The van der Waals surface area contributed by atoms with Crippen LogP contribution in [0.1, 0.15) is 116 Å². The highest BCUT2D eigenvalue weighted by Gasteiger charge is 2.43. The second-order valence-electron chi connectivity index (χ2n) is 14.8. The predicted molar refractivity (Wildman–Crippen MR) is 193 cm³/mol. The molecule has 45 heavy (non-hydrogen) atoms. The van der Waals surface area contributed by atoms with E-state index in [1.54, 1.807) is 0 Å². The zero-order valence-corrected chi connectivity index (χ0v) is 27.7. The van der Waals surface area contributed by atoms with Crippen LogP contribution in [0.3, 0.4) is 0 Å². The molecule has 3 nitrogen and oxygen atoms in total. The molecular formula is C42H57N3. The summed E-state index contributed by atoms with van der Waals surface area (Å²) in [5.41, 5.74) is 4.38. The summed E-state index contributed by atoms with van der Waals surface area (Å²) in [6.07, 6.45) is 24.3. The Bertz CT molecular complexity index is 1090. The summed E-state index contributed by atoms with van der Waals surface area (Å²) in [5, 5.41) is 0. The topological polar surface area (TPSA) is 9.72 Å². The minimum atomic E-state index is 0.545. The van der Waals surface area contributed by atoms with Crippen LogP contribution in [-0.4, -0.2) is 36.3 Å². The quantitative estimate of drug-likeness (QED) is 0.241. The van der Waals surface area contributed by atoms with Crippen molar-refractivity contribution in [2.75, 3.05) is 14.7 Å². The number of anilines is 3. The van der Waals surface area contributed by atoms with E-state index >= 15 is 0 Å². The maximum absolute atomic E-state index is 2.96. The molecule has 4 saturated carbocycles. The molecule has 0 aliphatic heterocycles. The van der Waals surface area contributed by atoms with Gasteiger partial charge in [-0.25, -0.2) is 0 Å². The molecule has 0 amide bonds. The number of hydrogen-bond donors (Lipinski definition) is 0. The number of hydrogen-bond acceptors (Lipinski definition) is 3. The van der Waals surface area contributed by atoms with Crippen molar-refractivity contribution in [3.63, 3.8) is 0 Å². The number of nitrogens with zero attached hydrogens (tertiary/aromatic N) is 3. The molecule has 0 bridgehead atoms. The molecule has 4 fully saturated rings. The molecule has 4 aliphatic rings. The Morgan fingerprint density at radius 1 is 0.289 bits per heavy atom. The maximum Gasteiger partial charge on any atom is 0.0371 e. The number of benzene rings is 3. The van der Waals surface area contributed by atoms with Gasteiger partial charge in [0.2, 0.25) is 0 Å². The molecule has 0 heterocycles. The predicted octanol–water partition coefficient (Wildman–Crippen LogP) is 10.8. The van der Waals surface area contributed by atoms with E-state index in [-0.39, 0.29) is 0 Å². The number of para-hydroxylation sites is 3. The second kappa shape index (κ2) is 15.1. The van der Waals surface area contributed by atoms with Crippen LogP contribution in [0, 0.1) is 0 Å². The van der Waals surface area contributed by atoms with Gasteiger partial charge in [-0.15, -0.1) is 0 Å². The fourth-order valence-corrected chi connectivity index (χ4v) is 9.95. The Kier molecular flexibility index (Phi) is 10.3. The van der Waals surface area contributed by atoms with Crippen LogP contribution in [0.5, 0.6) is 0 Å². The van der Waals surface area contributed by atoms with Crippen molar-refractivity contribution in [2.45, 2.75) is 152 Å². The maximum atomic E-state index is 2.96. The molecule has 0 radical (unpaired) electrons. The van der Waals surface area contributed by atoms with Crippen LogP contribution in [-0.2, 0) is 0 Å². The highest BCUT2D eigenvalue weighted by Crippen LogP contribution is 2.42. The Balaban J connectivity index is 1.31. The average molecular weight is 604 g/mol. The van der Waals surface area contributed by atoms with E-state index in [9.17, 15) is 0 Å². The highest BCUT2D eigenvalue weighted by molar-refractivity contribution is 5.53. The van der Waals surface area contributed by atoms with Gasteiger partial charge in [0.25, 0.3) is 0 Å². The van der Waals surface area contributed by atoms with Crippen LogP contribution in [0.4, 0.5) is 17.1 Å². The van der Waals surface area contributed by atoms with Gasteiger partial charge in [0.05, 0.1) is 0 Å². The lowest BCUT2D eigenvalue weighted by Gasteiger charge is -2.54. The largest absolute Gasteiger partial charge is 0.365 e. The van der Waals surface area contributed by atoms with Crippen LogP contribution >= 0.6 is 0 Å². The molecule has 7 rings (SSSR count). The average Bonchev–Trinajstić information content (AvgIpc) is 3.12. The van der Waals surface area contributed by atoms with E-state index in [2.05, 4.69) is 106 Å². The van der Waals surface area contributed by atoms with Crippen molar-refractivity contribution in [3.05, 3.63) is 91.0 Å². The first-order chi connectivity index (χ1) is 22.3. The van der Waals surface area contributed by atoms with Gasteiger partial charge in [-0.05, 0) is 94.2 Å². The lowest BCUT2D eigenvalue weighted by atomic mass is 9.79. The first-order valence-electron chi connectivity index (χ1n) is 18.9. The first-order valence-corrected chi connectivity index (χ1v) is 18.9. The van der Waals surface area contributed by atoms with E-state index in [0.29, 0.717) is 36.3 Å². The minimum Gasteiger partial charge on any atom is -0.365 e. The summed E-state index contributed by atoms with van der Waals surface area (Å²) in [6, 6.07) is 38.4. The zero-order chi connectivity index (χ0) is 30.3. The van der Waals surface area contributed by atoms with E-state index in [1.165, 1.54) is 133 Å². The van der Waals surface area contributed by atoms with Gasteiger partial charge < -0.3 is 14.7 Å². The van der Waals surface area contributed by atoms with Gasteiger partial charge in [0, 0.05) is 53.3 Å². The minimum absolute atomic E-state index is 0.545. The Morgan fingerprint density at radius 3 is 0.778 bits per heavy atom. The molecule has 0 atom stereocenters. The van der Waals surface area contributed by atoms with Crippen molar-refractivity contribution >= 4 is 17.1 Å². The molecule has 0 N–H and O–H groups in total. The first kappa shape index (κ1) is 30.7. The summed E-state index contributed by atoms with van der Waals surface area (Å²) in [6.45, 7) is 0. The zero-order valence-electron chi connectivity index (χ0n) is 27.7. The standard InChI is InChI=1S/C42H57N3/c1-7-19-34(20-8-1)43(35-21-9-2-10-22-35)40-31-41(44(36-23-11-3-12-24-36)37-25-13-4-14-26-37)33-42(32-40)45(38-27-15-5-16-28-38)39-29-17-6-18-30-39/h1,3,5,7-8,11-12,15-16,19-20,23-24,27-28,35,37,39-42H,2,4,6,9-10,13-14,17-18,21-22,25-26,29-33H2. The van der Waals surface area contributed by atoms with Gasteiger partial charge in [0.1, 0.15) is 0 Å². The molecule has 3 heteroatoms. The molecule has 240 valence electrons. The monoisotopic (exact) mass is 603 g/mol. The fraction of sp³-hybridized carbons (Fsp3) is 0.571. The molecule has 0 aromatic heterocycles. The molecule has 4 aliphatic carbocycles. The van der Waals surface area contributed by atoms with Gasteiger partial charge in [-0.2, -0.15) is 0 Å². The number of rotatable bonds is 9. The van der Waals surface area contributed by atoms with E-state index in [0.717, 1.165) is 0 Å². The molecule has 0 saturated heterocycles. The highest BCUT2D eigenvalue weighted by atomic mass is 15.3. The molecule has 3 aromatic rings. The van der Waals surface area contributed by atoms with E-state index in [4.69, 9.17) is 0 Å². The van der Waals surface area contributed by atoms with Gasteiger partial charge >= 0.3 is 0 Å². The van der Waals surface area contributed by atoms with Crippen molar-refractivity contribution < 1.29 is 0 Å². The third-order valence-corrected chi connectivity index (χ3v) is 11.9. The van der Waals surface area contributed by atoms with Crippen molar-refractivity contribution in [1.29, 1.82) is 0 Å². The summed E-state index contributed by atoms with van der Waals surface area (Å²) < 4.78 is 0. The van der Waals surface area contributed by atoms with Crippen molar-refractivity contribution in [3.8, 4) is 0 Å². The lowest BCUT2D eigenvalue weighted by Crippen LogP contribution is -2.59. The van der Waals surface area contributed by atoms with Gasteiger partial charge in [-0.1, -0.05) is 112 Å². The molecule has 3 aromatic carbocycles. The van der Waals surface area contributed by atoms with Crippen LogP contribution in [0.2, 0.25) is 0 Å². The lowest BCUT2D eigenvalue weighted by molar-refractivity contribution is 0.251. The van der Waals surface area contributed by atoms with Crippen LogP contribution in [0.15, 0.2) is 91.0 Å². The summed E-state index contributed by atoms with van der Waals surface area (Å²) >= 11 is 0. The van der Waals surface area contributed by atoms with E-state index < -0.39 is 0 Å². The Hall–Kier alpha value is -2.94. The normalized spacial score (nSPS) is 25.5. The smallest absolute Gasteiger partial charge is 0.0371 e. The summed E-state index contributed by atoms with van der Waals surface area (Å²) in [4.78, 5) is 8.89. The fourth-order valence-electron chi connectivity index (χ4n) is 9.95. The van der Waals surface area contributed by atoms with Gasteiger partial charge in [0.15, 0.2) is 0 Å². The third-order valence-electron chi connectivity index (χ3n) is 11.9. The van der Waals surface area contributed by atoms with Crippen LogP contribution in [0.25, 0.3) is 0 Å². The SMILES string of the molecule is c1ccc(N(C2CCCCC2)C2CC(N(c3ccccc3)C3CCCCC3)CC(N(c3ccccc3)C3CCCCC3)C2)cc1. The van der Waals surface area contributed by atoms with Crippen LogP contribution < -0.4 is 14.7 Å². The Labute approximate surface area is 274 Å². The van der Waals surface area contributed by atoms with Gasteiger partial charge in [-0.3, -0.25) is 0 Å². The summed E-state index contributed by atoms with van der Waals surface area (Å²) in [7, 11) is 0. The Morgan fingerprint density at radius 2 is 0.533 bits per heavy atom. The second-order valence-corrected chi connectivity index (χ2v) is 14.8. The third kappa shape index (κ3) is 7.23. The summed E-state index contributed by atoms with van der Waals surface area (Å²) in [5.74, 6) is 0. The molecule has 0 spiro atoms. The molecule has 0 unspecified atom stereocenters. The van der Waals surface area contributed by atoms with Crippen molar-refractivity contribution in [1.82, 2.24) is 0 Å². The van der Waals surface area contributed by atoms with E-state index in [1.807, 2.05) is 0 Å².